The second-order valence-electron chi connectivity index (χ2n) is 6.37. The van der Waals surface area contributed by atoms with Crippen LogP contribution < -0.4 is 0 Å². The molecule has 3 atom stereocenters. The SMILES string of the molecule is CCOP(=O)(OCC)C1C(=O)C(C)(COC)C2(CC2)C1CI. The molecule has 0 radical (unpaired) electrons. The van der Waals surface area contributed by atoms with E-state index >= 15 is 0 Å². The summed E-state index contributed by atoms with van der Waals surface area (Å²) in [5, 5.41) is 0. The lowest BCUT2D eigenvalue weighted by Crippen LogP contribution is -2.37. The van der Waals surface area contributed by atoms with Crippen molar-refractivity contribution < 1.29 is 23.1 Å². The minimum atomic E-state index is -3.45. The van der Waals surface area contributed by atoms with Crippen molar-refractivity contribution in [2.24, 2.45) is 16.7 Å². The van der Waals surface area contributed by atoms with Gasteiger partial charge < -0.3 is 13.8 Å². The Labute approximate surface area is 146 Å². The highest BCUT2D eigenvalue weighted by molar-refractivity contribution is 14.1. The summed E-state index contributed by atoms with van der Waals surface area (Å²) in [4.78, 5) is 13.2. The number of rotatable bonds is 8. The minimum Gasteiger partial charge on any atom is -0.384 e. The molecule has 2 saturated carbocycles. The van der Waals surface area contributed by atoms with Crippen LogP contribution in [0.1, 0.15) is 33.6 Å². The number of hydrogen-bond acceptors (Lipinski definition) is 5. The van der Waals surface area contributed by atoms with Crippen molar-refractivity contribution in [2.45, 2.75) is 39.3 Å². The first-order chi connectivity index (χ1) is 10.4. The third-order valence-corrected chi connectivity index (χ3v) is 8.81. The van der Waals surface area contributed by atoms with E-state index in [0.717, 1.165) is 17.3 Å². The lowest BCUT2D eigenvalue weighted by Gasteiger charge is -2.31. The second kappa shape index (κ2) is 6.79. The van der Waals surface area contributed by atoms with Gasteiger partial charge in [0.1, 0.15) is 5.66 Å². The monoisotopic (exact) mass is 444 g/mol. The molecule has 0 saturated heterocycles. The number of halogens is 1. The molecule has 0 N–H and O–H groups in total. The molecule has 22 heavy (non-hydrogen) atoms. The van der Waals surface area contributed by atoms with Gasteiger partial charge in [-0.1, -0.05) is 22.6 Å². The molecule has 2 aliphatic rings. The molecule has 0 aromatic rings. The zero-order chi connectivity index (χ0) is 16.6. The van der Waals surface area contributed by atoms with Crippen LogP contribution in [0.2, 0.25) is 0 Å². The Hall–Kier alpha value is 0.510. The molecule has 0 bridgehead atoms. The predicted octanol–water partition coefficient (Wildman–Crippen LogP) is 3.69. The van der Waals surface area contributed by atoms with Crippen molar-refractivity contribution in [3.8, 4) is 0 Å². The van der Waals surface area contributed by atoms with Crippen molar-refractivity contribution in [1.29, 1.82) is 0 Å². The molecular weight excluding hydrogens is 418 g/mol. The summed E-state index contributed by atoms with van der Waals surface area (Å²) in [5.41, 5.74) is -1.35. The Morgan fingerprint density at radius 1 is 1.27 bits per heavy atom. The van der Waals surface area contributed by atoms with Crippen molar-refractivity contribution in [2.75, 3.05) is 31.4 Å². The van der Waals surface area contributed by atoms with E-state index in [4.69, 9.17) is 13.8 Å². The summed E-state index contributed by atoms with van der Waals surface area (Å²) >= 11 is 2.30. The Balaban J connectivity index is 2.46. The molecule has 2 rings (SSSR count). The maximum absolute atomic E-state index is 13.3. The average Bonchev–Trinajstić information content (AvgIpc) is 3.23. The summed E-state index contributed by atoms with van der Waals surface area (Å²) < 4.78 is 30.5. The Morgan fingerprint density at radius 2 is 1.82 bits per heavy atom. The number of ketones is 1. The molecule has 0 heterocycles. The van der Waals surface area contributed by atoms with Crippen LogP contribution in [0.15, 0.2) is 0 Å². The summed E-state index contributed by atoms with van der Waals surface area (Å²) in [7, 11) is -1.83. The van der Waals surface area contributed by atoms with Crippen LogP contribution in [-0.4, -0.2) is 42.8 Å². The van der Waals surface area contributed by atoms with Gasteiger partial charge in [0.05, 0.1) is 25.2 Å². The zero-order valence-corrected chi connectivity index (χ0v) is 16.8. The van der Waals surface area contributed by atoms with Crippen molar-refractivity contribution in [3.05, 3.63) is 0 Å². The first-order valence-electron chi connectivity index (χ1n) is 7.85. The molecule has 2 aliphatic carbocycles. The fourth-order valence-corrected chi connectivity index (χ4v) is 8.45. The van der Waals surface area contributed by atoms with E-state index in [9.17, 15) is 9.36 Å². The molecule has 7 heteroatoms. The standard InChI is InChI=1S/C15H26IO5P/c1-5-20-22(18,21-6-2)12-11(9-16)15(7-8-15)14(3,10-19-4)13(12)17/h11-12H,5-10H2,1-4H3. The number of alkyl halides is 1. The van der Waals surface area contributed by atoms with Crippen molar-refractivity contribution in [3.63, 3.8) is 0 Å². The molecule has 128 valence electrons. The van der Waals surface area contributed by atoms with E-state index in [-0.39, 0.29) is 30.3 Å². The van der Waals surface area contributed by atoms with Gasteiger partial charge in [-0.05, 0) is 44.9 Å². The third-order valence-electron chi connectivity index (χ3n) is 5.35. The van der Waals surface area contributed by atoms with Gasteiger partial charge in [0.15, 0.2) is 5.78 Å². The molecule has 5 nitrogen and oxygen atoms in total. The highest BCUT2D eigenvalue weighted by Crippen LogP contribution is 2.75. The van der Waals surface area contributed by atoms with Crippen molar-refractivity contribution in [1.82, 2.24) is 0 Å². The van der Waals surface area contributed by atoms with E-state index in [0.29, 0.717) is 6.61 Å². The molecule has 1 spiro atoms. The number of methoxy groups -OCH3 is 1. The molecular formula is C15H26IO5P. The number of carbonyl (C=O) groups excluding carboxylic acids is 1. The zero-order valence-electron chi connectivity index (χ0n) is 13.8. The normalized spacial score (nSPS) is 33.6. The van der Waals surface area contributed by atoms with Gasteiger partial charge in [-0.15, -0.1) is 0 Å². The number of hydrogen-bond donors (Lipinski definition) is 0. The maximum atomic E-state index is 13.3. The van der Waals surface area contributed by atoms with Gasteiger partial charge >= 0.3 is 7.60 Å². The van der Waals surface area contributed by atoms with Crippen LogP contribution in [0.25, 0.3) is 0 Å². The summed E-state index contributed by atoms with van der Waals surface area (Å²) in [6, 6.07) is 0. The van der Waals surface area contributed by atoms with Crippen LogP contribution >= 0.6 is 30.2 Å². The smallest absolute Gasteiger partial charge is 0.341 e. The van der Waals surface area contributed by atoms with Crippen LogP contribution in [0.5, 0.6) is 0 Å². The van der Waals surface area contributed by atoms with E-state index in [2.05, 4.69) is 22.6 Å². The fraction of sp³-hybridized carbons (Fsp3) is 0.933. The largest absolute Gasteiger partial charge is 0.384 e. The molecule has 0 amide bonds. The Kier molecular flexibility index (Phi) is 5.81. The Bertz CT molecular complexity index is 469. The van der Waals surface area contributed by atoms with Crippen LogP contribution in [0.3, 0.4) is 0 Å². The summed E-state index contributed by atoms with van der Waals surface area (Å²) in [6.07, 6.45) is 1.97. The summed E-state index contributed by atoms with van der Waals surface area (Å²) in [5.74, 6) is 0.0310. The van der Waals surface area contributed by atoms with Gasteiger partial charge in [0.2, 0.25) is 0 Å². The quantitative estimate of drug-likeness (QED) is 0.325. The number of ether oxygens (including phenoxy) is 1. The van der Waals surface area contributed by atoms with E-state index in [1.54, 1.807) is 21.0 Å². The first kappa shape index (κ1) is 18.8. The van der Waals surface area contributed by atoms with Crippen molar-refractivity contribution >= 4 is 36.0 Å². The Morgan fingerprint density at radius 3 is 2.18 bits per heavy atom. The topological polar surface area (TPSA) is 61.8 Å². The predicted molar refractivity (Wildman–Crippen MR) is 93.7 cm³/mol. The van der Waals surface area contributed by atoms with E-state index in [1.165, 1.54) is 0 Å². The first-order valence-corrected chi connectivity index (χ1v) is 11.0. The summed E-state index contributed by atoms with van der Waals surface area (Å²) in [6.45, 7) is 6.46. The van der Waals surface area contributed by atoms with Gasteiger partial charge in [-0.2, -0.15) is 0 Å². The molecule has 3 unspecified atom stereocenters. The molecule has 2 fully saturated rings. The van der Waals surface area contributed by atoms with Gasteiger partial charge in [-0.25, -0.2) is 0 Å². The second-order valence-corrected chi connectivity index (χ2v) is 9.40. The maximum Gasteiger partial charge on any atom is 0.341 e. The molecule has 0 aliphatic heterocycles. The molecule has 0 aromatic heterocycles. The lowest BCUT2D eigenvalue weighted by molar-refractivity contribution is -0.130. The third kappa shape index (κ3) is 2.63. The molecule has 0 aromatic carbocycles. The van der Waals surface area contributed by atoms with E-state index < -0.39 is 18.7 Å². The van der Waals surface area contributed by atoms with Crippen LogP contribution in [-0.2, 0) is 23.1 Å². The highest BCUT2D eigenvalue weighted by Gasteiger charge is 2.75. The highest BCUT2D eigenvalue weighted by atomic mass is 127. The lowest BCUT2D eigenvalue weighted by atomic mass is 9.74. The number of Topliss-reactive ketones (excluding diaryl/α,β-unsaturated/α-hetero) is 1. The van der Waals surface area contributed by atoms with Gasteiger partial charge in [0.25, 0.3) is 0 Å². The number of carbonyl (C=O) groups is 1. The van der Waals surface area contributed by atoms with Crippen LogP contribution in [0, 0.1) is 16.7 Å². The van der Waals surface area contributed by atoms with Gasteiger partial charge in [0, 0.05) is 11.5 Å². The van der Waals surface area contributed by atoms with E-state index in [1.807, 2.05) is 6.92 Å². The average molecular weight is 444 g/mol. The van der Waals surface area contributed by atoms with Crippen LogP contribution in [0.4, 0.5) is 0 Å². The minimum absolute atomic E-state index is 0.00116. The fourth-order valence-electron chi connectivity index (χ4n) is 4.18. The van der Waals surface area contributed by atoms with Gasteiger partial charge in [-0.3, -0.25) is 9.36 Å².